The predicted octanol–water partition coefficient (Wildman–Crippen LogP) is 2.15. The molecule has 0 atom stereocenters. The molecule has 0 radical (unpaired) electrons. The van der Waals surface area contributed by atoms with Crippen LogP contribution in [0.25, 0.3) is 0 Å². The van der Waals surface area contributed by atoms with Crippen LogP contribution in [0.3, 0.4) is 0 Å². The van der Waals surface area contributed by atoms with E-state index in [1.54, 1.807) is 17.7 Å². The van der Waals surface area contributed by atoms with Crippen LogP contribution >= 0.6 is 0 Å². The first-order chi connectivity index (χ1) is 9.10. The molecular formula is C13H17FN4O. The second-order valence-electron chi connectivity index (χ2n) is 4.14. The van der Waals surface area contributed by atoms with Crippen LogP contribution in [0.1, 0.15) is 12.6 Å². The number of halogens is 1. The van der Waals surface area contributed by atoms with E-state index in [-0.39, 0.29) is 5.75 Å². The molecule has 2 aromatic rings. The van der Waals surface area contributed by atoms with Crippen molar-refractivity contribution in [2.45, 2.75) is 13.5 Å². The predicted molar refractivity (Wildman–Crippen MR) is 72.5 cm³/mol. The smallest absolute Gasteiger partial charge is 0.167 e. The van der Waals surface area contributed by atoms with E-state index in [4.69, 9.17) is 10.5 Å². The summed E-state index contributed by atoms with van der Waals surface area (Å²) in [4.78, 5) is 0. The van der Waals surface area contributed by atoms with Crippen molar-refractivity contribution in [1.29, 1.82) is 0 Å². The number of nitrogens with zero attached hydrogens (tertiary/aromatic N) is 2. The number of ether oxygens (including phenoxy) is 1. The minimum absolute atomic E-state index is 0.195. The Morgan fingerprint density at radius 2 is 2.26 bits per heavy atom. The molecule has 0 fully saturated rings. The van der Waals surface area contributed by atoms with Gasteiger partial charge >= 0.3 is 0 Å². The fraction of sp³-hybridized carbons (Fsp3) is 0.308. The van der Waals surface area contributed by atoms with Crippen LogP contribution in [0.4, 0.5) is 15.8 Å². The Morgan fingerprint density at radius 1 is 1.47 bits per heavy atom. The van der Waals surface area contributed by atoms with Gasteiger partial charge in [0.1, 0.15) is 0 Å². The average Bonchev–Trinajstić information content (AvgIpc) is 2.77. The Hall–Kier alpha value is -2.24. The molecule has 2 rings (SSSR count). The summed E-state index contributed by atoms with van der Waals surface area (Å²) in [5.41, 5.74) is 7.63. The highest BCUT2D eigenvalue weighted by Gasteiger charge is 2.09. The lowest BCUT2D eigenvalue weighted by molar-refractivity contribution is 0.322. The van der Waals surface area contributed by atoms with Crippen LogP contribution in [0.2, 0.25) is 0 Å². The third kappa shape index (κ3) is 3.15. The summed E-state index contributed by atoms with van der Waals surface area (Å²) in [7, 11) is 1.85. The van der Waals surface area contributed by atoms with Gasteiger partial charge < -0.3 is 15.8 Å². The number of nitrogens with two attached hydrogens (primary N) is 1. The standard InChI is InChI=1S/C13H17FN4O/c1-3-19-13-7-12(11(15)6-10(13)14)16-8-9-4-5-18(2)17-9/h4-7,16H,3,8,15H2,1-2H3. The second kappa shape index (κ2) is 5.60. The van der Waals surface area contributed by atoms with Gasteiger partial charge in [0.05, 0.1) is 30.2 Å². The van der Waals surface area contributed by atoms with Crippen molar-refractivity contribution >= 4 is 11.4 Å². The number of hydrogen-bond acceptors (Lipinski definition) is 4. The van der Waals surface area contributed by atoms with Crippen LogP contribution in [0, 0.1) is 5.82 Å². The van der Waals surface area contributed by atoms with Gasteiger partial charge in [0.25, 0.3) is 0 Å². The molecule has 0 aliphatic carbocycles. The Labute approximate surface area is 111 Å². The van der Waals surface area contributed by atoms with Gasteiger partial charge in [0, 0.05) is 25.4 Å². The quantitative estimate of drug-likeness (QED) is 0.812. The summed E-state index contributed by atoms with van der Waals surface area (Å²) >= 11 is 0. The molecule has 5 nitrogen and oxygen atoms in total. The molecule has 0 aliphatic rings. The molecule has 1 aromatic heterocycles. The lowest BCUT2D eigenvalue weighted by Gasteiger charge is -2.11. The zero-order valence-corrected chi connectivity index (χ0v) is 11.0. The van der Waals surface area contributed by atoms with Crippen molar-refractivity contribution in [3.05, 3.63) is 35.9 Å². The number of nitrogen functional groups attached to an aromatic ring is 1. The van der Waals surface area contributed by atoms with Crippen LogP contribution < -0.4 is 15.8 Å². The van der Waals surface area contributed by atoms with Gasteiger partial charge in [-0.15, -0.1) is 0 Å². The van der Waals surface area contributed by atoms with Gasteiger partial charge in [-0.3, -0.25) is 4.68 Å². The highest BCUT2D eigenvalue weighted by Crippen LogP contribution is 2.28. The first-order valence-electron chi connectivity index (χ1n) is 6.04. The van der Waals surface area contributed by atoms with Crippen LogP contribution in [0.5, 0.6) is 5.75 Å². The van der Waals surface area contributed by atoms with Gasteiger partial charge in [0.15, 0.2) is 11.6 Å². The maximum Gasteiger partial charge on any atom is 0.167 e. The topological polar surface area (TPSA) is 65.1 Å². The SMILES string of the molecule is CCOc1cc(NCc2ccn(C)n2)c(N)cc1F. The van der Waals surface area contributed by atoms with E-state index in [1.165, 1.54) is 6.07 Å². The molecule has 0 saturated carbocycles. The van der Waals surface area contributed by atoms with Crippen molar-refractivity contribution in [2.24, 2.45) is 7.05 Å². The van der Waals surface area contributed by atoms with Gasteiger partial charge in [-0.1, -0.05) is 0 Å². The molecule has 102 valence electrons. The Morgan fingerprint density at radius 3 is 2.89 bits per heavy atom. The first-order valence-corrected chi connectivity index (χ1v) is 6.04. The number of benzene rings is 1. The van der Waals surface area contributed by atoms with E-state index in [9.17, 15) is 4.39 Å². The van der Waals surface area contributed by atoms with E-state index in [0.29, 0.717) is 24.5 Å². The lowest BCUT2D eigenvalue weighted by Crippen LogP contribution is -2.05. The summed E-state index contributed by atoms with van der Waals surface area (Å²) in [6.07, 6.45) is 1.86. The summed E-state index contributed by atoms with van der Waals surface area (Å²) in [5, 5.41) is 7.36. The third-order valence-corrected chi connectivity index (χ3v) is 2.63. The summed E-state index contributed by atoms with van der Waals surface area (Å²) in [6.45, 7) is 2.72. The fourth-order valence-corrected chi connectivity index (χ4v) is 1.73. The maximum absolute atomic E-state index is 13.5. The molecule has 1 aromatic carbocycles. The van der Waals surface area contributed by atoms with E-state index < -0.39 is 5.82 Å². The third-order valence-electron chi connectivity index (χ3n) is 2.63. The summed E-state index contributed by atoms with van der Waals surface area (Å²) in [5.74, 6) is -0.261. The van der Waals surface area contributed by atoms with Crippen molar-refractivity contribution in [1.82, 2.24) is 9.78 Å². The van der Waals surface area contributed by atoms with Crippen molar-refractivity contribution in [3.8, 4) is 5.75 Å². The fourth-order valence-electron chi connectivity index (χ4n) is 1.73. The van der Waals surface area contributed by atoms with E-state index in [2.05, 4.69) is 10.4 Å². The number of aromatic nitrogens is 2. The minimum atomic E-state index is -0.456. The van der Waals surface area contributed by atoms with E-state index >= 15 is 0 Å². The number of hydrogen-bond donors (Lipinski definition) is 2. The van der Waals surface area contributed by atoms with Crippen molar-refractivity contribution < 1.29 is 9.13 Å². The Balaban J connectivity index is 2.13. The number of aryl methyl sites for hydroxylation is 1. The van der Waals surface area contributed by atoms with Gasteiger partial charge in [-0.05, 0) is 13.0 Å². The second-order valence-corrected chi connectivity index (χ2v) is 4.14. The first kappa shape index (κ1) is 13.2. The molecular weight excluding hydrogens is 247 g/mol. The molecule has 0 saturated heterocycles. The van der Waals surface area contributed by atoms with Crippen molar-refractivity contribution in [2.75, 3.05) is 17.7 Å². The summed E-state index contributed by atoms with van der Waals surface area (Å²) in [6, 6.07) is 4.72. The summed E-state index contributed by atoms with van der Waals surface area (Å²) < 4.78 is 20.5. The lowest BCUT2D eigenvalue weighted by atomic mass is 10.2. The zero-order valence-electron chi connectivity index (χ0n) is 11.0. The molecule has 0 unspecified atom stereocenters. The van der Waals surface area contributed by atoms with Gasteiger partial charge in [-0.2, -0.15) is 5.10 Å². The van der Waals surface area contributed by atoms with Crippen LogP contribution in [-0.4, -0.2) is 16.4 Å². The highest BCUT2D eigenvalue weighted by molar-refractivity contribution is 5.68. The van der Waals surface area contributed by atoms with Crippen molar-refractivity contribution in [3.63, 3.8) is 0 Å². The molecule has 0 bridgehead atoms. The molecule has 1 heterocycles. The number of nitrogens with one attached hydrogen (secondary N) is 1. The van der Waals surface area contributed by atoms with E-state index in [1.807, 2.05) is 19.3 Å². The van der Waals surface area contributed by atoms with Gasteiger partial charge in [-0.25, -0.2) is 4.39 Å². The van der Waals surface area contributed by atoms with E-state index in [0.717, 1.165) is 5.69 Å². The molecule has 0 aliphatic heterocycles. The molecule has 3 N–H and O–H groups in total. The molecule has 19 heavy (non-hydrogen) atoms. The van der Waals surface area contributed by atoms with Gasteiger partial charge in [0.2, 0.25) is 0 Å². The Kier molecular flexibility index (Phi) is 3.89. The van der Waals surface area contributed by atoms with Crippen LogP contribution in [0.15, 0.2) is 24.4 Å². The largest absolute Gasteiger partial charge is 0.491 e. The molecule has 6 heteroatoms. The Bertz CT molecular complexity index is 568. The van der Waals surface area contributed by atoms with Crippen LogP contribution in [-0.2, 0) is 13.6 Å². The normalized spacial score (nSPS) is 10.5. The zero-order chi connectivity index (χ0) is 13.8. The number of rotatable bonds is 5. The maximum atomic E-state index is 13.5. The monoisotopic (exact) mass is 264 g/mol. The average molecular weight is 264 g/mol. The highest BCUT2D eigenvalue weighted by atomic mass is 19.1. The minimum Gasteiger partial charge on any atom is -0.491 e. The molecule has 0 spiro atoms. The number of anilines is 2. The molecule has 0 amide bonds.